The molecule has 7 atom stereocenters. The number of aromatic amines is 2. The monoisotopic (exact) mass is 1830 g/mol. The molecular weight excluding hydrogens is 1730 g/mol. The molecule has 2 fully saturated rings. The Morgan fingerprint density at radius 2 is 1.19 bits per heavy atom. The first-order valence-electron chi connectivity index (χ1n) is 34.3. The molecule has 2 saturated heterocycles. The van der Waals surface area contributed by atoms with Crippen LogP contribution in [0.15, 0.2) is 120 Å². The molecule has 35 nitrogen and oxygen atoms in total. The number of aliphatic hydroxyl groups is 3. The predicted molar refractivity (Wildman–Crippen MR) is 418 cm³/mol. The molecule has 0 spiro atoms. The van der Waals surface area contributed by atoms with Crippen molar-refractivity contribution in [3.8, 4) is 35.2 Å². The summed E-state index contributed by atoms with van der Waals surface area (Å²) in [5.74, 6) is 7.50. The number of H-pyrrole nitrogens is 2. The molecule has 0 radical (unpaired) electrons. The third-order valence-corrected chi connectivity index (χ3v) is 17.8. The first-order chi connectivity index (χ1) is 53.0. The van der Waals surface area contributed by atoms with Crippen LogP contribution in [0.25, 0.3) is 0 Å². The number of ketones is 2. The number of hydrogen-bond acceptors (Lipinski definition) is 28. The van der Waals surface area contributed by atoms with Crippen molar-refractivity contribution in [1.29, 1.82) is 0 Å². The van der Waals surface area contributed by atoms with Gasteiger partial charge in [-0.2, -0.15) is 0 Å². The van der Waals surface area contributed by atoms with Crippen molar-refractivity contribution in [3.63, 3.8) is 0 Å². The number of aromatic nitrogens is 4. The van der Waals surface area contributed by atoms with Gasteiger partial charge in [0.25, 0.3) is 22.9 Å². The Labute approximate surface area is 678 Å². The summed E-state index contributed by atoms with van der Waals surface area (Å²) in [6.07, 6.45) is -1.31. The molecule has 38 heteroatoms. The molecule has 0 aliphatic carbocycles. The number of rotatable bonds is 33. The molecule has 2 amide bonds. The second kappa shape index (κ2) is 55.8. The molecule has 113 heavy (non-hydrogen) atoms. The van der Waals surface area contributed by atoms with Crippen molar-refractivity contribution >= 4 is 90.6 Å². The Kier molecular flexibility index (Phi) is 50.0. The Morgan fingerprint density at radius 3 is 1.60 bits per heavy atom. The number of halogens is 3. The number of amides is 2. The fourth-order valence-electron chi connectivity index (χ4n) is 9.64. The number of carboxylic acids is 1. The summed E-state index contributed by atoms with van der Waals surface area (Å²) in [6, 6.07) is 27.0. The summed E-state index contributed by atoms with van der Waals surface area (Å²) < 4.78 is 49.0. The van der Waals surface area contributed by atoms with E-state index in [-0.39, 0.29) is 131 Å². The van der Waals surface area contributed by atoms with E-state index in [1.807, 2.05) is 85.8 Å². The summed E-state index contributed by atoms with van der Waals surface area (Å²) in [6.45, 7) is 7.86. The van der Waals surface area contributed by atoms with Crippen LogP contribution in [0.5, 0.6) is 11.5 Å². The zero-order valence-corrected chi connectivity index (χ0v) is 68.2. The van der Waals surface area contributed by atoms with Crippen molar-refractivity contribution in [3.05, 3.63) is 161 Å². The summed E-state index contributed by atoms with van der Waals surface area (Å²) in [5, 5.41) is 41.9. The van der Waals surface area contributed by atoms with Gasteiger partial charge in [-0.15, -0.1) is 12.4 Å². The zero-order valence-electron chi connectivity index (χ0n) is 63.1. The first kappa shape index (κ1) is 101. The Balaban J connectivity index is 0.000000865. The minimum atomic E-state index is -1.16. The molecule has 9 N–H and O–H groups in total. The number of aliphatic imine (C=N–C) groups is 2. The Morgan fingerprint density at radius 1 is 0.717 bits per heavy atom. The number of aliphatic hydroxyl groups excluding tert-OH is 3. The molecule has 2 aliphatic heterocycles. The maximum atomic E-state index is 12.9. The van der Waals surface area contributed by atoms with Crippen LogP contribution in [0.4, 0.5) is 0 Å². The minimum absolute atomic E-state index is 0. The van der Waals surface area contributed by atoms with E-state index >= 15 is 0 Å². The molecule has 2 aromatic heterocycles. The number of aliphatic carboxylic acids is 1. The van der Waals surface area contributed by atoms with Crippen molar-refractivity contribution in [2.24, 2.45) is 9.98 Å². The van der Waals surface area contributed by atoms with E-state index in [4.69, 9.17) is 38.6 Å². The first-order valence-corrected chi connectivity index (χ1v) is 41.6. The topological polar surface area (TPSA) is 482 Å². The van der Waals surface area contributed by atoms with E-state index < -0.39 is 120 Å². The Hall–Kier alpha value is -9.62. The van der Waals surface area contributed by atoms with Gasteiger partial charge in [0, 0.05) is 58.5 Å². The van der Waals surface area contributed by atoms with Crippen molar-refractivity contribution in [1.82, 2.24) is 38.2 Å². The number of nitrogens with one attached hydrogen (secondary N) is 5. The second-order valence-corrected chi connectivity index (χ2v) is 27.7. The number of Topliss-reactive ketones (excluding diaryl/α,β-unsaturated/α-hetero) is 2. The van der Waals surface area contributed by atoms with Crippen LogP contribution in [0, 0.1) is 23.7 Å². The standard InChI is InChI=1S/C37H37N3O10.C21H25N3O10.C8H17N3.C5H8O3.C3H6I2NO2.CH4.ClH/c1-24(41)48-23-33(43)38-19-7-8-25-21-40(36(45)39-35(25)44)34-20-31(42)32(50-34)22-49-37(26-9-5-4-6-10-26,27-11-15-29(46-2)16-12-27)28-13-17-30(47-3)18-14-28;1-12(26)5-6-19(29)34-15-8-18(33-16(15)10-25)24-9-14(20(30)23-21(24)31)4-3-7-22-17(28)11-32-13(2)27;1-4-9-8-10-6-5-7-11(2)3;1-4(6)2-3-5(7)8;4-5-6-3(1-7)2-8;;/h4-6,9-18,21,31-32,34,42H,19-20,22-23H2,1-3H3,(H,38,43)(H,39,44,45);9,15-16,18,25H,5-8,10-11H2,1-2H3,(H,22,28)(H,23,30,31);4-7H2,1-3H3;2-3H2,1H3,(H,7,8);1,3,6,8H,2H2;1H4;1H/q;;;;-1;;/t31-,32-,34-;15-,16-,18-;;;3-;;/m11..1../s1. The van der Waals surface area contributed by atoms with E-state index in [1.54, 1.807) is 14.2 Å². The van der Waals surface area contributed by atoms with Gasteiger partial charge >= 0.3 is 104 Å². The van der Waals surface area contributed by atoms with Crippen molar-refractivity contribution < 1.29 is 119 Å². The van der Waals surface area contributed by atoms with Gasteiger partial charge in [0.2, 0.25) is 0 Å². The predicted octanol–water partition coefficient (Wildman–Crippen LogP) is -0.510. The van der Waals surface area contributed by atoms with Crippen LogP contribution in [-0.4, -0.2) is 229 Å². The van der Waals surface area contributed by atoms with Gasteiger partial charge in [-0.1, -0.05) is 85.7 Å². The van der Waals surface area contributed by atoms with E-state index in [0.29, 0.717) is 11.5 Å². The van der Waals surface area contributed by atoms with Gasteiger partial charge in [0.1, 0.15) is 70.6 Å². The number of esters is 3. The third-order valence-electron chi connectivity index (χ3n) is 15.1. The quantitative estimate of drug-likeness (QED) is 0.00294. The molecule has 7 rings (SSSR count). The van der Waals surface area contributed by atoms with E-state index in [0.717, 1.165) is 71.3 Å². The van der Waals surface area contributed by atoms with Crippen molar-refractivity contribution in [2.45, 2.75) is 136 Å². The maximum absolute atomic E-state index is 12.9. The van der Waals surface area contributed by atoms with Gasteiger partial charge < -0.3 is 78.3 Å². The average Bonchev–Trinajstić information content (AvgIpc) is 1.51. The van der Waals surface area contributed by atoms with Gasteiger partial charge in [-0.3, -0.25) is 57.5 Å². The molecule has 3 aromatic carbocycles. The fourth-order valence-corrected chi connectivity index (χ4v) is 12.3. The zero-order chi connectivity index (χ0) is 82.4. The molecular formula is C75H98ClI2N10O25-. The summed E-state index contributed by atoms with van der Waals surface area (Å²) in [5.41, 5.74) is -1.94. The molecule has 0 bridgehead atoms. The molecule has 0 unspecified atom stereocenters. The summed E-state index contributed by atoms with van der Waals surface area (Å²) in [7, 11) is 7.30. The molecule has 0 saturated carbocycles. The van der Waals surface area contributed by atoms with Gasteiger partial charge in [0.05, 0.1) is 72.0 Å². The average molecular weight is 1830 g/mol. The third kappa shape index (κ3) is 37.7. The van der Waals surface area contributed by atoms with E-state index in [1.165, 1.54) is 27.0 Å². The number of carboxylic acid groups (broad SMARTS) is 1. The van der Waals surface area contributed by atoms with E-state index in [2.05, 4.69) is 111 Å². The van der Waals surface area contributed by atoms with Crippen molar-refractivity contribution in [2.75, 3.05) is 94.1 Å². The number of benzene rings is 3. The number of carbonyl (C=O) groups is 9. The summed E-state index contributed by atoms with van der Waals surface area (Å²) in [4.78, 5) is 162. The number of methoxy groups -OCH3 is 2. The summed E-state index contributed by atoms with van der Waals surface area (Å²) >= 11 is 2.06. The van der Waals surface area contributed by atoms with Crippen LogP contribution in [-0.2, 0) is 77.2 Å². The number of nitrogens with zero attached hydrogens (tertiary/aromatic N) is 5. The van der Waals surface area contributed by atoms with Crippen LogP contribution >= 0.6 is 31.0 Å². The van der Waals surface area contributed by atoms with Crippen LogP contribution in [0.2, 0.25) is 0 Å². The number of hydrogen-bond donors (Lipinski definition) is 9. The molecule has 2 aliphatic rings. The number of carbonyl (C=O) groups excluding carboxylic acids is 8. The molecule has 4 heterocycles. The van der Waals surface area contributed by atoms with Gasteiger partial charge in [-0.25, -0.2) is 19.6 Å². The number of aldehydes is 1. The van der Waals surface area contributed by atoms with Crippen LogP contribution in [0.3, 0.4) is 0 Å². The SMILES string of the molecule is C.CC(=O)CCC(=O)O.CC(=O)CCC(=O)O[C@@H]1C[C@H](n2cc(C#CCNC(=O)COC(C)=O)c(=O)[nH]c2=O)O[C@@H]1CO.CCN=C=NCCCN(C)C.COc1ccc(C(OC[C@H]2O[C@@H](n3cc(C#CCNC(=O)COC(C)=O)c(=O)[nH]c3=O)C[C@H]2O)(c2ccccc2)c2ccc(OC)cc2)cc1.Cl.O=C[C@H](CO)N[I-]I. The van der Waals surface area contributed by atoms with Gasteiger partial charge in [0.15, 0.2) is 13.2 Å². The Bertz CT molecular complexity index is 4240. The number of ether oxygens (including phenoxy) is 8. The van der Waals surface area contributed by atoms with Gasteiger partial charge in [-0.05, 0) is 88.8 Å². The second-order valence-electron chi connectivity index (χ2n) is 24.0. The normalized spacial score (nSPS) is 15.7. The van der Waals surface area contributed by atoms with Crippen LogP contribution < -0.4 is 63.6 Å². The van der Waals surface area contributed by atoms with Crippen LogP contribution in [0.1, 0.15) is 127 Å². The fraction of sp³-hybridized carbons (Fsp3) is 0.467. The van der Waals surface area contributed by atoms with E-state index in [9.17, 15) is 72.5 Å². The molecule has 5 aromatic rings. The molecule has 620 valence electrons.